The van der Waals surface area contributed by atoms with Crippen molar-refractivity contribution in [1.82, 2.24) is 15.0 Å². The lowest BCUT2D eigenvalue weighted by molar-refractivity contribution is 1.17. The van der Waals surface area contributed by atoms with E-state index in [2.05, 4.69) is 32.4 Å². The fourth-order valence-corrected chi connectivity index (χ4v) is 3.10. The number of aromatic nitrogens is 3. The van der Waals surface area contributed by atoms with Crippen molar-refractivity contribution in [1.29, 1.82) is 0 Å². The molecule has 0 aliphatic heterocycles. The largest absolute Gasteiger partial charge is 0.316 e. The molecule has 0 amide bonds. The van der Waals surface area contributed by atoms with E-state index in [9.17, 15) is 0 Å². The SMILES string of the molecule is c1ccc(-c2cc(Nc3nc(-c4ccccc4)cs3)ncn2)cc1. The van der Waals surface area contributed by atoms with Crippen LogP contribution in [0.15, 0.2) is 78.4 Å². The molecule has 0 spiro atoms. The van der Waals surface area contributed by atoms with Crippen molar-refractivity contribution in [3.8, 4) is 22.5 Å². The molecule has 4 rings (SSSR count). The molecular formula is C19H14N4S. The predicted octanol–water partition coefficient (Wildman–Crippen LogP) is 5.01. The van der Waals surface area contributed by atoms with Gasteiger partial charge in [0.15, 0.2) is 5.13 Å². The normalized spacial score (nSPS) is 10.5. The average molecular weight is 330 g/mol. The van der Waals surface area contributed by atoms with Gasteiger partial charge in [-0.3, -0.25) is 0 Å². The third kappa shape index (κ3) is 3.16. The molecule has 2 heterocycles. The number of hydrogen-bond acceptors (Lipinski definition) is 5. The van der Waals surface area contributed by atoms with Crippen LogP contribution >= 0.6 is 11.3 Å². The standard InChI is InChI=1S/C19H14N4S/c1-3-7-14(8-4-1)16-11-18(21-13-20-16)23-19-22-17(12-24-19)15-9-5-2-6-10-15/h1-13H,(H,20,21,22,23). The second-order valence-electron chi connectivity index (χ2n) is 5.18. The Hall–Kier alpha value is -3.05. The van der Waals surface area contributed by atoms with Gasteiger partial charge in [-0.15, -0.1) is 11.3 Å². The lowest BCUT2D eigenvalue weighted by Gasteiger charge is -2.04. The number of nitrogens with one attached hydrogen (secondary N) is 1. The maximum Gasteiger partial charge on any atom is 0.188 e. The van der Waals surface area contributed by atoms with Gasteiger partial charge in [-0.1, -0.05) is 60.7 Å². The van der Waals surface area contributed by atoms with Crippen molar-refractivity contribution in [2.24, 2.45) is 0 Å². The van der Waals surface area contributed by atoms with Gasteiger partial charge >= 0.3 is 0 Å². The first kappa shape index (κ1) is 14.5. The Morgan fingerprint density at radius 3 is 2.12 bits per heavy atom. The molecule has 0 saturated carbocycles. The smallest absolute Gasteiger partial charge is 0.188 e. The Morgan fingerprint density at radius 1 is 0.750 bits per heavy atom. The summed E-state index contributed by atoms with van der Waals surface area (Å²) in [5.41, 5.74) is 4.01. The first-order valence-corrected chi connectivity index (χ1v) is 8.42. The van der Waals surface area contributed by atoms with Gasteiger partial charge in [0.25, 0.3) is 0 Å². The lowest BCUT2D eigenvalue weighted by Crippen LogP contribution is -1.95. The fourth-order valence-electron chi connectivity index (χ4n) is 2.37. The van der Waals surface area contributed by atoms with Crippen molar-refractivity contribution in [2.75, 3.05) is 5.32 Å². The Kier molecular flexibility index (Phi) is 4.00. The second-order valence-corrected chi connectivity index (χ2v) is 6.04. The lowest BCUT2D eigenvalue weighted by atomic mass is 10.1. The van der Waals surface area contributed by atoms with Crippen LogP contribution in [-0.4, -0.2) is 15.0 Å². The minimum atomic E-state index is 0.734. The topological polar surface area (TPSA) is 50.7 Å². The molecule has 4 nitrogen and oxygen atoms in total. The fraction of sp³-hybridized carbons (Fsp3) is 0. The molecular weight excluding hydrogens is 316 g/mol. The maximum absolute atomic E-state index is 4.63. The van der Waals surface area contributed by atoms with Gasteiger partial charge in [0.2, 0.25) is 0 Å². The van der Waals surface area contributed by atoms with E-state index in [1.165, 1.54) is 0 Å². The van der Waals surface area contributed by atoms with Crippen LogP contribution in [0.5, 0.6) is 0 Å². The molecule has 1 N–H and O–H groups in total. The molecule has 0 unspecified atom stereocenters. The van der Waals surface area contributed by atoms with Crippen molar-refractivity contribution in [2.45, 2.75) is 0 Å². The zero-order valence-corrected chi connectivity index (χ0v) is 13.6. The van der Waals surface area contributed by atoms with Crippen LogP contribution in [0.3, 0.4) is 0 Å². The molecule has 0 atom stereocenters. The molecule has 116 valence electrons. The second kappa shape index (κ2) is 6.60. The van der Waals surface area contributed by atoms with Crippen molar-refractivity contribution in [3.05, 3.63) is 78.4 Å². The van der Waals surface area contributed by atoms with Crippen molar-refractivity contribution < 1.29 is 0 Å². The molecule has 0 aliphatic rings. The Labute approximate surface area is 143 Å². The monoisotopic (exact) mass is 330 g/mol. The van der Waals surface area contributed by atoms with E-state index in [-0.39, 0.29) is 0 Å². The minimum Gasteiger partial charge on any atom is -0.316 e. The van der Waals surface area contributed by atoms with E-state index >= 15 is 0 Å². The molecule has 2 aromatic heterocycles. The number of thiazole rings is 1. The van der Waals surface area contributed by atoms with E-state index in [4.69, 9.17) is 0 Å². The molecule has 0 bridgehead atoms. The Balaban J connectivity index is 1.57. The van der Waals surface area contributed by atoms with Gasteiger partial charge in [-0.2, -0.15) is 0 Å². The summed E-state index contributed by atoms with van der Waals surface area (Å²) in [5, 5.41) is 6.11. The third-order valence-corrected chi connectivity index (χ3v) is 4.30. The summed E-state index contributed by atoms with van der Waals surface area (Å²) in [5.74, 6) is 0.734. The predicted molar refractivity (Wildman–Crippen MR) is 98.3 cm³/mol. The number of hydrogen-bond donors (Lipinski definition) is 1. The van der Waals surface area contributed by atoms with Crippen LogP contribution < -0.4 is 5.32 Å². The van der Waals surface area contributed by atoms with Gasteiger partial charge < -0.3 is 5.32 Å². The Morgan fingerprint density at radius 2 is 1.42 bits per heavy atom. The minimum absolute atomic E-state index is 0.734. The molecule has 24 heavy (non-hydrogen) atoms. The van der Waals surface area contributed by atoms with E-state index in [0.29, 0.717) is 0 Å². The summed E-state index contributed by atoms with van der Waals surface area (Å²) in [6.45, 7) is 0. The van der Waals surface area contributed by atoms with Crippen LogP contribution in [0.2, 0.25) is 0 Å². The van der Waals surface area contributed by atoms with Crippen LogP contribution in [0, 0.1) is 0 Å². The number of benzene rings is 2. The van der Waals surface area contributed by atoms with Crippen LogP contribution in [0.25, 0.3) is 22.5 Å². The summed E-state index contributed by atoms with van der Waals surface area (Å²) < 4.78 is 0. The molecule has 2 aromatic carbocycles. The first-order valence-electron chi connectivity index (χ1n) is 7.54. The molecule has 4 aromatic rings. The summed E-state index contributed by atoms with van der Waals surface area (Å²) in [4.78, 5) is 13.2. The quantitative estimate of drug-likeness (QED) is 0.571. The summed E-state index contributed by atoms with van der Waals surface area (Å²) in [6.07, 6.45) is 1.57. The van der Waals surface area contributed by atoms with E-state index in [1.54, 1.807) is 17.7 Å². The number of rotatable bonds is 4. The summed E-state index contributed by atoms with van der Waals surface area (Å²) in [6, 6.07) is 22.1. The van der Waals surface area contributed by atoms with Crippen molar-refractivity contribution in [3.63, 3.8) is 0 Å². The van der Waals surface area contributed by atoms with Crippen LogP contribution in [0.1, 0.15) is 0 Å². The van der Waals surface area contributed by atoms with E-state index in [1.807, 2.05) is 60.0 Å². The highest BCUT2D eigenvalue weighted by Crippen LogP contribution is 2.27. The zero-order valence-electron chi connectivity index (χ0n) is 12.8. The van der Waals surface area contributed by atoms with Crippen LogP contribution in [0.4, 0.5) is 10.9 Å². The van der Waals surface area contributed by atoms with Crippen molar-refractivity contribution >= 4 is 22.3 Å². The molecule has 0 fully saturated rings. The highest BCUT2D eigenvalue weighted by atomic mass is 32.1. The van der Waals surface area contributed by atoms with Gasteiger partial charge in [0, 0.05) is 22.6 Å². The summed E-state index contributed by atoms with van der Waals surface area (Å²) >= 11 is 1.56. The molecule has 0 aliphatic carbocycles. The van der Waals surface area contributed by atoms with Gasteiger partial charge in [0.1, 0.15) is 12.1 Å². The first-order chi connectivity index (χ1) is 11.9. The van der Waals surface area contributed by atoms with Gasteiger partial charge in [-0.05, 0) is 0 Å². The average Bonchev–Trinajstić information content (AvgIpc) is 3.12. The highest BCUT2D eigenvalue weighted by Gasteiger charge is 2.06. The number of anilines is 2. The third-order valence-electron chi connectivity index (χ3n) is 3.55. The van der Waals surface area contributed by atoms with E-state index in [0.717, 1.165) is 33.5 Å². The molecule has 0 radical (unpaired) electrons. The molecule has 0 saturated heterocycles. The number of nitrogens with zero attached hydrogens (tertiary/aromatic N) is 3. The maximum atomic E-state index is 4.63. The van der Waals surface area contributed by atoms with Gasteiger partial charge in [-0.25, -0.2) is 15.0 Å². The van der Waals surface area contributed by atoms with E-state index < -0.39 is 0 Å². The zero-order chi connectivity index (χ0) is 16.2. The van der Waals surface area contributed by atoms with Gasteiger partial charge in [0.05, 0.1) is 11.4 Å². The highest BCUT2D eigenvalue weighted by molar-refractivity contribution is 7.14. The Bertz CT molecular complexity index is 936. The summed E-state index contributed by atoms with van der Waals surface area (Å²) in [7, 11) is 0. The van der Waals surface area contributed by atoms with Crippen LogP contribution in [-0.2, 0) is 0 Å². The molecule has 5 heteroatoms.